The first-order valence-corrected chi connectivity index (χ1v) is 8.43. The van der Waals surface area contributed by atoms with Crippen molar-refractivity contribution in [3.8, 4) is 0 Å². The SMILES string of the molecule is CCCCCCc1cc(C)cc(Sc2ccccc2)c1. The molecule has 1 heteroatoms. The predicted molar refractivity (Wildman–Crippen MR) is 89.6 cm³/mol. The number of aryl methyl sites for hydroxylation is 2. The summed E-state index contributed by atoms with van der Waals surface area (Å²) in [5.74, 6) is 0. The van der Waals surface area contributed by atoms with Crippen LogP contribution in [0.15, 0.2) is 58.3 Å². The standard InChI is InChI=1S/C19H24S/c1-3-4-5-7-10-17-13-16(2)14-19(15-17)20-18-11-8-6-9-12-18/h6,8-9,11-15H,3-5,7,10H2,1-2H3. The van der Waals surface area contributed by atoms with Crippen LogP contribution in [0.5, 0.6) is 0 Å². The molecule has 0 amide bonds. The minimum Gasteiger partial charge on any atom is -0.0901 e. The van der Waals surface area contributed by atoms with E-state index in [1.54, 1.807) is 0 Å². The van der Waals surface area contributed by atoms with Crippen LogP contribution in [0.3, 0.4) is 0 Å². The Morgan fingerprint density at radius 3 is 2.40 bits per heavy atom. The second kappa shape index (κ2) is 8.16. The van der Waals surface area contributed by atoms with E-state index in [2.05, 4.69) is 62.4 Å². The minimum atomic E-state index is 1.21. The molecule has 0 fully saturated rings. The molecule has 0 bridgehead atoms. The van der Waals surface area contributed by atoms with E-state index >= 15 is 0 Å². The molecule has 0 spiro atoms. The minimum absolute atomic E-state index is 1.21. The average Bonchev–Trinajstić information content (AvgIpc) is 2.44. The van der Waals surface area contributed by atoms with Crippen molar-refractivity contribution in [2.24, 2.45) is 0 Å². The van der Waals surface area contributed by atoms with Crippen molar-refractivity contribution >= 4 is 11.8 Å². The quantitative estimate of drug-likeness (QED) is 0.540. The zero-order valence-electron chi connectivity index (χ0n) is 12.6. The smallest absolute Gasteiger partial charge is 0.0127 e. The van der Waals surface area contributed by atoms with E-state index < -0.39 is 0 Å². The Bertz CT molecular complexity index is 517. The van der Waals surface area contributed by atoms with Gasteiger partial charge in [0.05, 0.1) is 0 Å². The Kier molecular flexibility index (Phi) is 6.20. The van der Waals surface area contributed by atoms with Gasteiger partial charge in [0, 0.05) is 9.79 Å². The third-order valence-electron chi connectivity index (χ3n) is 3.41. The van der Waals surface area contributed by atoms with Crippen molar-refractivity contribution in [2.45, 2.75) is 55.7 Å². The zero-order valence-corrected chi connectivity index (χ0v) is 13.4. The van der Waals surface area contributed by atoms with Crippen molar-refractivity contribution in [2.75, 3.05) is 0 Å². The van der Waals surface area contributed by atoms with Crippen LogP contribution < -0.4 is 0 Å². The Balaban J connectivity index is 2.01. The molecule has 0 aromatic heterocycles. The van der Waals surface area contributed by atoms with Gasteiger partial charge in [-0.3, -0.25) is 0 Å². The van der Waals surface area contributed by atoms with Crippen molar-refractivity contribution in [3.63, 3.8) is 0 Å². The molecule has 0 heterocycles. The topological polar surface area (TPSA) is 0 Å². The molecule has 20 heavy (non-hydrogen) atoms. The highest BCUT2D eigenvalue weighted by Crippen LogP contribution is 2.29. The number of benzene rings is 2. The van der Waals surface area contributed by atoms with E-state index in [0.29, 0.717) is 0 Å². The van der Waals surface area contributed by atoms with Crippen molar-refractivity contribution in [1.29, 1.82) is 0 Å². The van der Waals surface area contributed by atoms with Gasteiger partial charge >= 0.3 is 0 Å². The molecule has 106 valence electrons. The molecule has 0 saturated heterocycles. The second-order valence-corrected chi connectivity index (χ2v) is 6.53. The molecule has 0 N–H and O–H groups in total. The number of hydrogen-bond acceptors (Lipinski definition) is 1. The molecule has 2 rings (SSSR count). The highest BCUT2D eigenvalue weighted by molar-refractivity contribution is 7.99. The van der Waals surface area contributed by atoms with E-state index in [1.807, 2.05) is 11.8 Å². The van der Waals surface area contributed by atoms with Gasteiger partial charge in [-0.25, -0.2) is 0 Å². The summed E-state index contributed by atoms with van der Waals surface area (Å²) in [7, 11) is 0. The molecule has 0 radical (unpaired) electrons. The van der Waals surface area contributed by atoms with Gasteiger partial charge in [-0.1, -0.05) is 62.2 Å². The first-order valence-electron chi connectivity index (χ1n) is 7.61. The van der Waals surface area contributed by atoms with Gasteiger partial charge in [0.1, 0.15) is 0 Å². The van der Waals surface area contributed by atoms with Crippen LogP contribution in [0, 0.1) is 6.92 Å². The van der Waals surface area contributed by atoms with Gasteiger partial charge in [0.25, 0.3) is 0 Å². The van der Waals surface area contributed by atoms with Gasteiger partial charge < -0.3 is 0 Å². The maximum atomic E-state index is 2.36. The first kappa shape index (κ1) is 15.2. The highest BCUT2D eigenvalue weighted by Gasteiger charge is 2.01. The summed E-state index contributed by atoms with van der Waals surface area (Å²) in [5.41, 5.74) is 2.86. The van der Waals surface area contributed by atoms with Crippen LogP contribution in [0.25, 0.3) is 0 Å². The molecule has 0 unspecified atom stereocenters. The van der Waals surface area contributed by atoms with Gasteiger partial charge in [-0.05, 0) is 55.2 Å². The van der Waals surface area contributed by atoms with Gasteiger partial charge in [0.15, 0.2) is 0 Å². The number of unbranched alkanes of at least 4 members (excludes halogenated alkanes) is 3. The summed E-state index contributed by atoms with van der Waals surface area (Å²) in [4.78, 5) is 2.68. The molecule has 0 aliphatic rings. The van der Waals surface area contributed by atoms with Gasteiger partial charge in [0.2, 0.25) is 0 Å². The molecular formula is C19H24S. The zero-order chi connectivity index (χ0) is 14.2. The molecule has 2 aromatic carbocycles. The summed E-state index contributed by atoms with van der Waals surface area (Å²) in [6.07, 6.45) is 6.54. The monoisotopic (exact) mass is 284 g/mol. The lowest BCUT2D eigenvalue weighted by Gasteiger charge is -2.08. The Hall–Kier alpha value is -1.21. The summed E-state index contributed by atoms with van der Waals surface area (Å²) in [5, 5.41) is 0. The fourth-order valence-corrected chi connectivity index (χ4v) is 3.43. The molecule has 0 nitrogen and oxygen atoms in total. The van der Waals surface area contributed by atoms with Crippen molar-refractivity contribution in [1.82, 2.24) is 0 Å². The maximum absolute atomic E-state index is 2.36. The fraction of sp³-hybridized carbons (Fsp3) is 0.368. The lowest BCUT2D eigenvalue weighted by atomic mass is 10.0. The summed E-state index contributed by atoms with van der Waals surface area (Å²) < 4.78 is 0. The first-order chi connectivity index (χ1) is 9.78. The van der Waals surface area contributed by atoms with Crippen molar-refractivity contribution < 1.29 is 0 Å². The van der Waals surface area contributed by atoms with Crippen LogP contribution in [0.4, 0.5) is 0 Å². The Morgan fingerprint density at radius 1 is 0.850 bits per heavy atom. The summed E-state index contributed by atoms with van der Waals surface area (Å²) >= 11 is 1.86. The predicted octanol–water partition coefficient (Wildman–Crippen LogP) is 6.27. The molecular weight excluding hydrogens is 260 g/mol. The number of hydrogen-bond donors (Lipinski definition) is 0. The normalized spacial score (nSPS) is 10.7. The number of rotatable bonds is 7. The third kappa shape index (κ3) is 5.05. The molecule has 0 saturated carbocycles. The van der Waals surface area contributed by atoms with Crippen LogP contribution in [-0.4, -0.2) is 0 Å². The van der Waals surface area contributed by atoms with E-state index in [4.69, 9.17) is 0 Å². The fourth-order valence-electron chi connectivity index (χ4n) is 2.41. The summed E-state index contributed by atoms with van der Waals surface area (Å²) in [6.45, 7) is 4.46. The average molecular weight is 284 g/mol. The van der Waals surface area contributed by atoms with Gasteiger partial charge in [-0.15, -0.1) is 0 Å². The molecule has 0 aliphatic carbocycles. The molecule has 0 aliphatic heterocycles. The largest absolute Gasteiger partial charge is 0.0901 e. The van der Waals surface area contributed by atoms with Crippen LogP contribution >= 0.6 is 11.8 Å². The lowest BCUT2D eigenvalue weighted by Crippen LogP contribution is -1.88. The third-order valence-corrected chi connectivity index (χ3v) is 4.39. The highest BCUT2D eigenvalue weighted by atomic mass is 32.2. The van der Waals surface area contributed by atoms with Crippen LogP contribution in [0.2, 0.25) is 0 Å². The van der Waals surface area contributed by atoms with E-state index in [1.165, 1.54) is 53.0 Å². The second-order valence-electron chi connectivity index (χ2n) is 5.38. The summed E-state index contributed by atoms with van der Waals surface area (Å²) in [6, 6.07) is 17.6. The Labute approximate surface area is 127 Å². The van der Waals surface area contributed by atoms with E-state index in [-0.39, 0.29) is 0 Å². The van der Waals surface area contributed by atoms with E-state index in [0.717, 1.165) is 0 Å². The molecule has 2 aromatic rings. The van der Waals surface area contributed by atoms with Crippen LogP contribution in [-0.2, 0) is 6.42 Å². The Morgan fingerprint density at radius 2 is 1.65 bits per heavy atom. The molecule has 0 atom stereocenters. The van der Waals surface area contributed by atoms with Crippen LogP contribution in [0.1, 0.15) is 43.7 Å². The van der Waals surface area contributed by atoms with Gasteiger partial charge in [-0.2, -0.15) is 0 Å². The van der Waals surface area contributed by atoms with E-state index in [9.17, 15) is 0 Å². The lowest BCUT2D eigenvalue weighted by molar-refractivity contribution is 0.666. The maximum Gasteiger partial charge on any atom is 0.0127 e. The van der Waals surface area contributed by atoms with Crippen molar-refractivity contribution in [3.05, 3.63) is 59.7 Å².